The predicted molar refractivity (Wildman–Crippen MR) is 54.4 cm³/mol. The van der Waals surface area contributed by atoms with Crippen LogP contribution in [-0.4, -0.2) is 27.2 Å². The zero-order valence-electron chi connectivity index (χ0n) is 8.86. The maximum Gasteiger partial charge on any atom is 0.307 e. The number of aromatic amines is 1. The van der Waals surface area contributed by atoms with Gasteiger partial charge in [0.1, 0.15) is 0 Å². The quantitative estimate of drug-likeness (QED) is 0.672. The van der Waals surface area contributed by atoms with Crippen LogP contribution >= 0.6 is 0 Å². The molecule has 6 heteroatoms. The lowest BCUT2D eigenvalue weighted by atomic mass is 10.2. The van der Waals surface area contributed by atoms with Crippen LogP contribution in [0.4, 0.5) is 0 Å². The van der Waals surface area contributed by atoms with Crippen LogP contribution in [0.25, 0.3) is 0 Å². The molecule has 86 valence electrons. The highest BCUT2D eigenvalue weighted by atomic mass is 16.4. The Bertz CT molecular complexity index is 427. The highest BCUT2D eigenvalue weighted by Crippen LogP contribution is 2.38. The van der Waals surface area contributed by atoms with Gasteiger partial charge in [0.05, 0.1) is 18.0 Å². The fourth-order valence-corrected chi connectivity index (χ4v) is 1.63. The molecular weight excluding hydrogens is 210 g/mol. The third-order valence-corrected chi connectivity index (χ3v) is 2.83. The number of hydrogen-bond donors (Lipinski definition) is 3. The Hall–Kier alpha value is -1.85. The smallest absolute Gasteiger partial charge is 0.307 e. The van der Waals surface area contributed by atoms with Crippen molar-refractivity contribution < 1.29 is 14.7 Å². The first-order valence-corrected chi connectivity index (χ1v) is 5.09. The van der Waals surface area contributed by atoms with E-state index in [9.17, 15) is 9.59 Å². The number of carbonyl (C=O) groups excluding carboxylic acids is 1. The molecule has 2 atom stereocenters. The van der Waals surface area contributed by atoms with E-state index < -0.39 is 11.9 Å². The molecule has 0 bridgehead atoms. The van der Waals surface area contributed by atoms with E-state index in [-0.39, 0.29) is 11.8 Å². The molecule has 1 aromatic heterocycles. The van der Waals surface area contributed by atoms with E-state index in [4.69, 9.17) is 5.11 Å². The van der Waals surface area contributed by atoms with Crippen LogP contribution in [-0.2, 0) is 16.1 Å². The topological polar surface area (TPSA) is 95.1 Å². The number of nitrogens with one attached hydrogen (secondary N) is 2. The lowest BCUT2D eigenvalue weighted by molar-refractivity contribution is -0.140. The van der Waals surface area contributed by atoms with Gasteiger partial charge in [0.2, 0.25) is 5.91 Å². The minimum Gasteiger partial charge on any atom is -0.481 e. The van der Waals surface area contributed by atoms with Gasteiger partial charge in [-0.1, -0.05) is 0 Å². The van der Waals surface area contributed by atoms with Gasteiger partial charge in [0.15, 0.2) is 0 Å². The molecule has 1 aliphatic carbocycles. The zero-order chi connectivity index (χ0) is 11.7. The summed E-state index contributed by atoms with van der Waals surface area (Å²) in [5.74, 6) is -1.93. The maximum atomic E-state index is 11.5. The Morgan fingerprint density at radius 3 is 2.88 bits per heavy atom. The molecule has 1 heterocycles. The number of carbonyl (C=O) groups is 2. The predicted octanol–water partition coefficient (Wildman–Crippen LogP) is 0.0550. The first-order valence-electron chi connectivity index (χ1n) is 5.09. The molecule has 1 aliphatic rings. The monoisotopic (exact) mass is 223 g/mol. The van der Waals surface area contributed by atoms with Crippen LogP contribution in [0.1, 0.15) is 17.7 Å². The van der Waals surface area contributed by atoms with Gasteiger partial charge >= 0.3 is 5.97 Å². The number of amides is 1. The SMILES string of the molecule is Cc1[nH]ncc1CNC(=O)C1CC1C(=O)O. The molecule has 16 heavy (non-hydrogen) atoms. The average Bonchev–Trinajstić information content (AvgIpc) is 2.94. The lowest BCUT2D eigenvalue weighted by Crippen LogP contribution is -2.26. The van der Waals surface area contributed by atoms with Gasteiger partial charge in [0, 0.05) is 17.8 Å². The Balaban J connectivity index is 1.82. The molecule has 3 N–H and O–H groups in total. The van der Waals surface area contributed by atoms with Crippen LogP contribution in [0.5, 0.6) is 0 Å². The van der Waals surface area contributed by atoms with Crippen molar-refractivity contribution in [1.29, 1.82) is 0 Å². The number of aliphatic carboxylic acids is 1. The zero-order valence-corrected chi connectivity index (χ0v) is 8.86. The lowest BCUT2D eigenvalue weighted by Gasteiger charge is -2.02. The van der Waals surface area contributed by atoms with Crippen molar-refractivity contribution in [1.82, 2.24) is 15.5 Å². The summed E-state index contributed by atoms with van der Waals surface area (Å²) in [7, 11) is 0. The summed E-state index contributed by atoms with van der Waals surface area (Å²) in [4.78, 5) is 22.1. The van der Waals surface area contributed by atoms with E-state index >= 15 is 0 Å². The normalized spacial score (nSPS) is 22.8. The van der Waals surface area contributed by atoms with E-state index in [1.54, 1.807) is 6.20 Å². The van der Waals surface area contributed by atoms with E-state index in [2.05, 4.69) is 15.5 Å². The summed E-state index contributed by atoms with van der Waals surface area (Å²) in [5.41, 5.74) is 1.83. The van der Waals surface area contributed by atoms with Gasteiger partial charge in [-0.3, -0.25) is 14.7 Å². The van der Waals surface area contributed by atoms with Gasteiger partial charge in [-0.05, 0) is 13.3 Å². The second kappa shape index (κ2) is 3.96. The fraction of sp³-hybridized carbons (Fsp3) is 0.500. The Labute approximate surface area is 92.0 Å². The summed E-state index contributed by atoms with van der Waals surface area (Å²) < 4.78 is 0. The van der Waals surface area contributed by atoms with Gasteiger partial charge in [-0.2, -0.15) is 5.10 Å². The number of aromatic nitrogens is 2. The number of hydrogen-bond acceptors (Lipinski definition) is 3. The van der Waals surface area contributed by atoms with E-state index in [0.717, 1.165) is 11.3 Å². The summed E-state index contributed by atoms with van der Waals surface area (Å²) in [5, 5.41) is 18.0. The van der Waals surface area contributed by atoms with Gasteiger partial charge < -0.3 is 10.4 Å². The van der Waals surface area contributed by atoms with Crippen LogP contribution in [0.3, 0.4) is 0 Å². The van der Waals surface area contributed by atoms with Crippen molar-refractivity contribution >= 4 is 11.9 Å². The molecule has 6 nitrogen and oxygen atoms in total. The Morgan fingerprint density at radius 2 is 2.38 bits per heavy atom. The van der Waals surface area contributed by atoms with Crippen LogP contribution in [0.2, 0.25) is 0 Å². The average molecular weight is 223 g/mol. The first kappa shape index (κ1) is 10.7. The summed E-state index contributed by atoms with van der Waals surface area (Å²) in [6, 6.07) is 0. The largest absolute Gasteiger partial charge is 0.481 e. The standard InChI is InChI=1S/C10H13N3O3/c1-5-6(4-12-13-5)3-11-9(14)7-2-8(7)10(15)16/h4,7-8H,2-3H2,1H3,(H,11,14)(H,12,13)(H,15,16). The Kier molecular flexibility index (Phi) is 2.64. The first-order chi connectivity index (χ1) is 7.59. The molecule has 0 radical (unpaired) electrons. The number of aryl methyl sites for hydroxylation is 1. The molecule has 0 aromatic carbocycles. The molecule has 0 spiro atoms. The summed E-state index contributed by atoms with van der Waals surface area (Å²) in [6.07, 6.45) is 2.10. The molecule has 2 rings (SSSR count). The molecule has 1 amide bonds. The summed E-state index contributed by atoms with van der Waals surface area (Å²) >= 11 is 0. The van der Waals surface area contributed by atoms with Crippen LogP contribution in [0, 0.1) is 18.8 Å². The molecule has 1 saturated carbocycles. The molecule has 0 saturated heterocycles. The minimum atomic E-state index is -0.889. The Morgan fingerprint density at radius 1 is 1.62 bits per heavy atom. The van der Waals surface area contributed by atoms with Crippen molar-refractivity contribution in [3.8, 4) is 0 Å². The molecule has 2 unspecified atom stereocenters. The second-order valence-electron chi connectivity index (χ2n) is 4.02. The van der Waals surface area contributed by atoms with Gasteiger partial charge in [-0.15, -0.1) is 0 Å². The van der Waals surface area contributed by atoms with Crippen LogP contribution in [0.15, 0.2) is 6.20 Å². The third-order valence-electron chi connectivity index (χ3n) is 2.83. The third kappa shape index (κ3) is 2.05. The minimum absolute atomic E-state index is 0.187. The second-order valence-corrected chi connectivity index (χ2v) is 4.02. The van der Waals surface area contributed by atoms with Crippen molar-refractivity contribution in [3.05, 3.63) is 17.5 Å². The van der Waals surface area contributed by atoms with Crippen LogP contribution < -0.4 is 5.32 Å². The molecule has 1 fully saturated rings. The number of H-pyrrole nitrogens is 1. The van der Waals surface area contributed by atoms with Gasteiger partial charge in [0.25, 0.3) is 0 Å². The maximum absolute atomic E-state index is 11.5. The fourth-order valence-electron chi connectivity index (χ4n) is 1.63. The number of nitrogens with zero attached hydrogens (tertiary/aromatic N) is 1. The van der Waals surface area contributed by atoms with Crippen molar-refractivity contribution in [2.24, 2.45) is 11.8 Å². The number of carboxylic acid groups (broad SMARTS) is 1. The highest BCUT2D eigenvalue weighted by Gasteiger charge is 2.48. The number of rotatable bonds is 4. The van der Waals surface area contributed by atoms with Crippen molar-refractivity contribution in [2.75, 3.05) is 0 Å². The molecular formula is C10H13N3O3. The number of carboxylic acids is 1. The molecule has 0 aliphatic heterocycles. The molecule has 1 aromatic rings. The van der Waals surface area contributed by atoms with Crippen molar-refractivity contribution in [3.63, 3.8) is 0 Å². The van der Waals surface area contributed by atoms with E-state index in [0.29, 0.717) is 13.0 Å². The highest BCUT2D eigenvalue weighted by molar-refractivity contribution is 5.89. The van der Waals surface area contributed by atoms with E-state index in [1.165, 1.54) is 0 Å². The van der Waals surface area contributed by atoms with E-state index in [1.807, 2.05) is 6.92 Å². The summed E-state index contributed by atoms with van der Waals surface area (Å²) in [6.45, 7) is 2.26. The van der Waals surface area contributed by atoms with Gasteiger partial charge in [-0.25, -0.2) is 0 Å². The van der Waals surface area contributed by atoms with Crippen molar-refractivity contribution in [2.45, 2.75) is 19.9 Å².